The van der Waals surface area contributed by atoms with E-state index in [1.165, 1.54) is 0 Å². The highest BCUT2D eigenvalue weighted by Gasteiger charge is 2.07. The van der Waals surface area contributed by atoms with Crippen molar-refractivity contribution in [1.29, 1.82) is 0 Å². The fourth-order valence-corrected chi connectivity index (χ4v) is 2.43. The standard InChI is InChI=1S/C16H15Cl2NO2/c1-2-11-5-3-4-6-15(11)21-10-16(20)19-14-8-12(17)7-13(18)9-14/h3-9H,2,10H2,1H3,(H,19,20). The number of aryl methyl sites for hydroxylation is 1. The number of anilines is 1. The summed E-state index contributed by atoms with van der Waals surface area (Å²) in [6, 6.07) is 12.5. The lowest BCUT2D eigenvalue weighted by Gasteiger charge is -2.11. The number of nitrogens with one attached hydrogen (secondary N) is 1. The Labute approximate surface area is 133 Å². The van der Waals surface area contributed by atoms with Crippen LogP contribution in [0.25, 0.3) is 0 Å². The van der Waals surface area contributed by atoms with Gasteiger partial charge in [0.05, 0.1) is 0 Å². The van der Waals surface area contributed by atoms with E-state index in [-0.39, 0.29) is 12.5 Å². The van der Waals surface area contributed by atoms with Gasteiger partial charge in [-0.25, -0.2) is 0 Å². The van der Waals surface area contributed by atoms with Gasteiger partial charge in [-0.15, -0.1) is 0 Å². The van der Waals surface area contributed by atoms with Crippen molar-refractivity contribution in [3.05, 3.63) is 58.1 Å². The first-order valence-corrected chi connectivity index (χ1v) is 7.30. The molecule has 2 aromatic rings. The number of para-hydroxylation sites is 1. The Bertz CT molecular complexity index is 624. The van der Waals surface area contributed by atoms with Crippen LogP contribution in [0.5, 0.6) is 5.75 Å². The molecule has 0 aliphatic carbocycles. The number of benzene rings is 2. The molecule has 0 saturated heterocycles. The Morgan fingerprint density at radius 2 is 1.81 bits per heavy atom. The molecule has 0 unspecified atom stereocenters. The number of hydrogen-bond acceptors (Lipinski definition) is 2. The van der Waals surface area contributed by atoms with E-state index in [0.29, 0.717) is 15.7 Å². The summed E-state index contributed by atoms with van der Waals surface area (Å²) in [5.41, 5.74) is 1.61. The van der Waals surface area contributed by atoms with Crippen LogP contribution in [0.15, 0.2) is 42.5 Å². The average molecular weight is 324 g/mol. The largest absolute Gasteiger partial charge is 0.483 e. The van der Waals surface area contributed by atoms with E-state index in [2.05, 4.69) is 5.32 Å². The van der Waals surface area contributed by atoms with Crippen molar-refractivity contribution < 1.29 is 9.53 Å². The molecule has 21 heavy (non-hydrogen) atoms. The maximum Gasteiger partial charge on any atom is 0.262 e. The summed E-state index contributed by atoms with van der Waals surface area (Å²) in [7, 11) is 0. The van der Waals surface area contributed by atoms with Crippen molar-refractivity contribution in [2.75, 3.05) is 11.9 Å². The maximum absolute atomic E-state index is 11.9. The predicted molar refractivity (Wildman–Crippen MR) is 86.4 cm³/mol. The average Bonchev–Trinajstić information content (AvgIpc) is 2.44. The summed E-state index contributed by atoms with van der Waals surface area (Å²) < 4.78 is 5.54. The highest BCUT2D eigenvalue weighted by Crippen LogP contribution is 2.22. The van der Waals surface area contributed by atoms with Gasteiger partial charge in [-0.1, -0.05) is 48.3 Å². The molecule has 0 aliphatic heterocycles. The third-order valence-electron chi connectivity index (χ3n) is 2.86. The zero-order valence-electron chi connectivity index (χ0n) is 11.5. The van der Waals surface area contributed by atoms with E-state index in [9.17, 15) is 4.79 Å². The Morgan fingerprint density at radius 3 is 2.48 bits per heavy atom. The molecule has 0 heterocycles. The summed E-state index contributed by atoms with van der Waals surface area (Å²) >= 11 is 11.8. The van der Waals surface area contributed by atoms with Gasteiger partial charge in [-0.2, -0.15) is 0 Å². The number of rotatable bonds is 5. The van der Waals surface area contributed by atoms with Gasteiger partial charge in [0.1, 0.15) is 5.75 Å². The van der Waals surface area contributed by atoms with E-state index in [1.807, 2.05) is 31.2 Å². The Balaban J connectivity index is 1.96. The maximum atomic E-state index is 11.9. The van der Waals surface area contributed by atoms with Crippen LogP contribution in [0.2, 0.25) is 10.0 Å². The predicted octanol–water partition coefficient (Wildman–Crippen LogP) is 4.57. The zero-order valence-corrected chi connectivity index (χ0v) is 13.0. The normalized spacial score (nSPS) is 10.2. The minimum atomic E-state index is -0.265. The SMILES string of the molecule is CCc1ccccc1OCC(=O)Nc1cc(Cl)cc(Cl)c1. The second-order valence-electron chi connectivity index (χ2n) is 4.46. The number of hydrogen-bond donors (Lipinski definition) is 1. The Morgan fingerprint density at radius 1 is 1.14 bits per heavy atom. The van der Waals surface area contributed by atoms with Crippen LogP contribution in [0.1, 0.15) is 12.5 Å². The minimum absolute atomic E-state index is 0.0683. The van der Waals surface area contributed by atoms with E-state index in [0.717, 1.165) is 17.7 Å². The highest BCUT2D eigenvalue weighted by molar-refractivity contribution is 6.35. The van der Waals surface area contributed by atoms with Crippen LogP contribution in [0, 0.1) is 0 Å². The van der Waals surface area contributed by atoms with Gasteiger partial charge in [0.25, 0.3) is 5.91 Å². The molecule has 5 heteroatoms. The van der Waals surface area contributed by atoms with Crippen LogP contribution in [0.4, 0.5) is 5.69 Å². The highest BCUT2D eigenvalue weighted by atomic mass is 35.5. The van der Waals surface area contributed by atoms with Crippen LogP contribution in [-0.2, 0) is 11.2 Å². The van der Waals surface area contributed by atoms with Crippen LogP contribution >= 0.6 is 23.2 Å². The molecule has 0 aliphatic rings. The van der Waals surface area contributed by atoms with Crippen molar-refractivity contribution in [3.63, 3.8) is 0 Å². The van der Waals surface area contributed by atoms with Crippen molar-refractivity contribution >= 4 is 34.8 Å². The molecule has 0 radical (unpaired) electrons. The number of halogens is 2. The lowest BCUT2D eigenvalue weighted by Crippen LogP contribution is -2.20. The summed E-state index contributed by atoms with van der Waals surface area (Å²) in [5.74, 6) is 0.457. The van der Waals surface area contributed by atoms with Crippen molar-refractivity contribution in [3.8, 4) is 5.75 Å². The molecule has 3 nitrogen and oxygen atoms in total. The molecular formula is C16H15Cl2NO2. The fourth-order valence-electron chi connectivity index (χ4n) is 1.90. The molecular weight excluding hydrogens is 309 g/mol. The zero-order chi connectivity index (χ0) is 15.2. The third-order valence-corrected chi connectivity index (χ3v) is 3.30. The fraction of sp³-hybridized carbons (Fsp3) is 0.188. The van der Waals surface area contributed by atoms with Gasteiger partial charge in [0.2, 0.25) is 0 Å². The number of carbonyl (C=O) groups is 1. The monoisotopic (exact) mass is 323 g/mol. The van der Waals surface area contributed by atoms with E-state index >= 15 is 0 Å². The summed E-state index contributed by atoms with van der Waals surface area (Å²) in [6.07, 6.45) is 0.849. The quantitative estimate of drug-likeness (QED) is 0.875. The number of carbonyl (C=O) groups excluding carboxylic acids is 1. The first kappa shape index (κ1) is 15.7. The molecule has 0 atom stereocenters. The van der Waals surface area contributed by atoms with Gasteiger partial charge in [0, 0.05) is 15.7 Å². The lowest BCUT2D eigenvalue weighted by molar-refractivity contribution is -0.118. The van der Waals surface area contributed by atoms with E-state index in [4.69, 9.17) is 27.9 Å². The van der Waals surface area contributed by atoms with Gasteiger partial charge in [0.15, 0.2) is 6.61 Å². The molecule has 0 bridgehead atoms. The summed E-state index contributed by atoms with van der Waals surface area (Å²) in [5, 5.41) is 3.63. The first-order valence-electron chi connectivity index (χ1n) is 6.55. The van der Waals surface area contributed by atoms with E-state index < -0.39 is 0 Å². The summed E-state index contributed by atoms with van der Waals surface area (Å²) in [4.78, 5) is 11.9. The van der Waals surface area contributed by atoms with Crippen LogP contribution in [0.3, 0.4) is 0 Å². The van der Waals surface area contributed by atoms with Crippen molar-refractivity contribution in [1.82, 2.24) is 0 Å². The topological polar surface area (TPSA) is 38.3 Å². The Kier molecular flexibility index (Phi) is 5.48. The molecule has 1 amide bonds. The Hall–Kier alpha value is -1.71. The van der Waals surface area contributed by atoms with Crippen molar-refractivity contribution in [2.45, 2.75) is 13.3 Å². The molecule has 0 fully saturated rings. The summed E-state index contributed by atoms with van der Waals surface area (Å²) in [6.45, 7) is 1.97. The molecule has 110 valence electrons. The van der Waals surface area contributed by atoms with Crippen LogP contribution in [-0.4, -0.2) is 12.5 Å². The smallest absolute Gasteiger partial charge is 0.262 e. The second kappa shape index (κ2) is 7.34. The van der Waals surface area contributed by atoms with Gasteiger partial charge in [-0.3, -0.25) is 4.79 Å². The number of amides is 1. The molecule has 0 aromatic heterocycles. The third kappa shape index (κ3) is 4.66. The molecule has 2 aromatic carbocycles. The van der Waals surface area contributed by atoms with E-state index in [1.54, 1.807) is 18.2 Å². The molecule has 0 saturated carbocycles. The van der Waals surface area contributed by atoms with Crippen molar-refractivity contribution in [2.24, 2.45) is 0 Å². The van der Waals surface area contributed by atoms with Gasteiger partial charge < -0.3 is 10.1 Å². The second-order valence-corrected chi connectivity index (χ2v) is 5.33. The minimum Gasteiger partial charge on any atom is -0.483 e. The van der Waals surface area contributed by atoms with Gasteiger partial charge >= 0.3 is 0 Å². The molecule has 2 rings (SSSR count). The first-order chi connectivity index (χ1) is 10.1. The van der Waals surface area contributed by atoms with Crippen LogP contribution < -0.4 is 10.1 Å². The number of ether oxygens (including phenoxy) is 1. The molecule has 0 spiro atoms. The van der Waals surface area contributed by atoms with Gasteiger partial charge in [-0.05, 0) is 36.2 Å². The lowest BCUT2D eigenvalue weighted by atomic mass is 10.1. The molecule has 1 N–H and O–H groups in total.